The lowest BCUT2D eigenvalue weighted by Crippen LogP contribution is -2.25. The molecule has 4 nitrogen and oxygen atoms in total. The summed E-state index contributed by atoms with van der Waals surface area (Å²) in [6.45, 7) is 2.45. The minimum Gasteiger partial charge on any atom is -0.352 e. The average molecular weight is 393 g/mol. The van der Waals surface area contributed by atoms with E-state index in [-0.39, 0.29) is 11.8 Å². The van der Waals surface area contributed by atoms with Crippen molar-refractivity contribution < 1.29 is 9.59 Å². The van der Waals surface area contributed by atoms with E-state index in [1.807, 2.05) is 55.5 Å². The fraction of sp³-hybridized carbons (Fsp3) is 0.130. The number of hydrogen-bond acceptors (Lipinski definition) is 2. The van der Waals surface area contributed by atoms with Crippen LogP contribution in [0.4, 0.5) is 5.69 Å². The van der Waals surface area contributed by atoms with E-state index in [1.54, 1.807) is 24.3 Å². The molecular formula is C23H21ClN2O2. The third kappa shape index (κ3) is 5.21. The van der Waals surface area contributed by atoms with Crippen LogP contribution in [-0.4, -0.2) is 18.4 Å². The number of benzene rings is 3. The number of amides is 2. The summed E-state index contributed by atoms with van der Waals surface area (Å²) in [6, 6.07) is 21.8. The van der Waals surface area contributed by atoms with Crippen LogP contribution < -0.4 is 10.6 Å². The first-order valence-corrected chi connectivity index (χ1v) is 9.40. The van der Waals surface area contributed by atoms with Crippen LogP contribution >= 0.6 is 11.6 Å². The molecule has 0 heterocycles. The van der Waals surface area contributed by atoms with Crippen LogP contribution in [0.2, 0.25) is 5.02 Å². The summed E-state index contributed by atoms with van der Waals surface area (Å²) >= 11 is 5.96. The van der Waals surface area contributed by atoms with Crippen molar-refractivity contribution in [3.05, 3.63) is 100 Å². The Balaban J connectivity index is 1.55. The highest BCUT2D eigenvalue weighted by Gasteiger charge is 2.10. The molecule has 0 aliphatic rings. The third-order valence-electron chi connectivity index (χ3n) is 4.39. The van der Waals surface area contributed by atoms with E-state index >= 15 is 0 Å². The van der Waals surface area contributed by atoms with Gasteiger partial charge >= 0.3 is 0 Å². The quantitative estimate of drug-likeness (QED) is 0.628. The molecule has 2 amide bonds. The van der Waals surface area contributed by atoms with Gasteiger partial charge in [0.2, 0.25) is 0 Å². The van der Waals surface area contributed by atoms with Gasteiger partial charge < -0.3 is 10.6 Å². The van der Waals surface area contributed by atoms with Crippen LogP contribution in [-0.2, 0) is 6.42 Å². The van der Waals surface area contributed by atoms with E-state index in [1.165, 1.54) is 0 Å². The van der Waals surface area contributed by atoms with E-state index in [0.29, 0.717) is 29.1 Å². The normalized spacial score (nSPS) is 10.4. The number of carbonyl (C=O) groups is 2. The first kappa shape index (κ1) is 19.6. The molecule has 0 spiro atoms. The summed E-state index contributed by atoms with van der Waals surface area (Å²) in [6.07, 6.45) is 0.698. The van der Waals surface area contributed by atoms with Gasteiger partial charge in [-0.3, -0.25) is 9.59 Å². The van der Waals surface area contributed by atoms with Gasteiger partial charge in [0.05, 0.1) is 0 Å². The van der Waals surface area contributed by atoms with Crippen molar-refractivity contribution in [3.63, 3.8) is 0 Å². The van der Waals surface area contributed by atoms with Crippen LogP contribution in [0.3, 0.4) is 0 Å². The fourth-order valence-corrected chi connectivity index (χ4v) is 3.01. The SMILES string of the molecule is Cc1ccccc1NC(=O)c1ccc(C(=O)NCCc2cccc(Cl)c2)cc1. The summed E-state index contributed by atoms with van der Waals surface area (Å²) in [5.41, 5.74) is 3.84. The van der Waals surface area contributed by atoms with Gasteiger partial charge in [-0.1, -0.05) is 41.9 Å². The lowest BCUT2D eigenvalue weighted by Gasteiger charge is -2.09. The second-order valence-electron chi connectivity index (χ2n) is 6.48. The minimum atomic E-state index is -0.206. The zero-order valence-corrected chi connectivity index (χ0v) is 16.3. The molecule has 28 heavy (non-hydrogen) atoms. The van der Waals surface area contributed by atoms with Crippen LogP contribution in [0.25, 0.3) is 0 Å². The Kier molecular flexibility index (Phi) is 6.45. The van der Waals surface area contributed by atoms with Crippen molar-refractivity contribution in [2.75, 3.05) is 11.9 Å². The minimum absolute atomic E-state index is 0.173. The molecule has 2 N–H and O–H groups in total. The molecule has 3 rings (SSSR count). The number of halogens is 1. The molecule has 0 unspecified atom stereocenters. The molecular weight excluding hydrogens is 372 g/mol. The molecule has 5 heteroatoms. The topological polar surface area (TPSA) is 58.2 Å². The second-order valence-corrected chi connectivity index (χ2v) is 6.92. The molecule has 0 saturated carbocycles. The van der Waals surface area contributed by atoms with Gasteiger partial charge in [0.25, 0.3) is 11.8 Å². The second kappa shape index (κ2) is 9.20. The lowest BCUT2D eigenvalue weighted by molar-refractivity contribution is 0.0952. The highest BCUT2D eigenvalue weighted by molar-refractivity contribution is 6.30. The molecule has 0 bridgehead atoms. The molecule has 0 atom stereocenters. The first-order valence-electron chi connectivity index (χ1n) is 9.02. The zero-order valence-electron chi connectivity index (χ0n) is 15.5. The van der Waals surface area contributed by atoms with E-state index in [4.69, 9.17) is 11.6 Å². The summed E-state index contributed by atoms with van der Waals surface area (Å²) < 4.78 is 0. The summed E-state index contributed by atoms with van der Waals surface area (Å²) in [7, 11) is 0. The molecule has 0 saturated heterocycles. The van der Waals surface area contributed by atoms with E-state index < -0.39 is 0 Å². The van der Waals surface area contributed by atoms with Gasteiger partial charge in [-0.2, -0.15) is 0 Å². The molecule has 0 aliphatic carbocycles. The van der Waals surface area contributed by atoms with Crippen LogP contribution in [0.1, 0.15) is 31.8 Å². The predicted octanol–water partition coefficient (Wildman–Crippen LogP) is 4.87. The van der Waals surface area contributed by atoms with Crippen molar-refractivity contribution in [3.8, 4) is 0 Å². The number of anilines is 1. The number of para-hydroxylation sites is 1. The summed E-state index contributed by atoms with van der Waals surface area (Å²) in [5.74, 6) is -0.380. The number of carbonyl (C=O) groups excluding carboxylic acids is 2. The Bertz CT molecular complexity index is 984. The lowest BCUT2D eigenvalue weighted by atomic mass is 10.1. The Labute approximate surface area is 169 Å². The monoisotopic (exact) mass is 392 g/mol. The number of aryl methyl sites for hydroxylation is 1. The molecule has 3 aromatic carbocycles. The maximum absolute atomic E-state index is 12.4. The van der Waals surface area contributed by atoms with Gasteiger partial charge in [0.1, 0.15) is 0 Å². The third-order valence-corrected chi connectivity index (χ3v) is 4.63. The Morgan fingerprint density at radius 1 is 0.857 bits per heavy atom. The average Bonchev–Trinajstić information content (AvgIpc) is 2.70. The van der Waals surface area contributed by atoms with Crippen molar-refractivity contribution in [1.29, 1.82) is 0 Å². The summed E-state index contributed by atoms with van der Waals surface area (Å²) in [5, 5.41) is 6.45. The molecule has 0 aromatic heterocycles. The maximum Gasteiger partial charge on any atom is 0.255 e. The van der Waals surface area contributed by atoms with Crippen LogP contribution in [0.5, 0.6) is 0 Å². The molecule has 0 aliphatic heterocycles. The Morgan fingerprint density at radius 2 is 1.54 bits per heavy atom. The standard InChI is InChI=1S/C23H21ClN2O2/c1-16-5-2-3-8-21(16)26-23(28)19-11-9-18(10-12-19)22(27)25-14-13-17-6-4-7-20(24)15-17/h2-12,15H,13-14H2,1H3,(H,25,27)(H,26,28). The molecule has 0 fully saturated rings. The molecule has 3 aromatic rings. The molecule has 142 valence electrons. The highest BCUT2D eigenvalue weighted by atomic mass is 35.5. The number of hydrogen-bond donors (Lipinski definition) is 2. The van der Waals surface area contributed by atoms with Crippen LogP contribution in [0, 0.1) is 6.92 Å². The van der Waals surface area contributed by atoms with Crippen molar-refractivity contribution in [2.24, 2.45) is 0 Å². The van der Waals surface area contributed by atoms with Crippen molar-refractivity contribution in [1.82, 2.24) is 5.32 Å². The van der Waals surface area contributed by atoms with Gasteiger partial charge in [0, 0.05) is 28.4 Å². The zero-order chi connectivity index (χ0) is 19.9. The summed E-state index contributed by atoms with van der Waals surface area (Å²) in [4.78, 5) is 24.7. The van der Waals surface area contributed by atoms with E-state index in [9.17, 15) is 9.59 Å². The largest absolute Gasteiger partial charge is 0.352 e. The van der Waals surface area contributed by atoms with Crippen molar-refractivity contribution in [2.45, 2.75) is 13.3 Å². The maximum atomic E-state index is 12.4. The molecule has 0 radical (unpaired) electrons. The van der Waals surface area contributed by atoms with Gasteiger partial charge in [-0.25, -0.2) is 0 Å². The number of nitrogens with one attached hydrogen (secondary N) is 2. The van der Waals surface area contributed by atoms with E-state index in [0.717, 1.165) is 16.8 Å². The fourth-order valence-electron chi connectivity index (χ4n) is 2.80. The van der Waals surface area contributed by atoms with Gasteiger partial charge in [0.15, 0.2) is 0 Å². The predicted molar refractivity (Wildman–Crippen MR) is 113 cm³/mol. The number of rotatable bonds is 6. The Morgan fingerprint density at radius 3 is 2.21 bits per heavy atom. The highest BCUT2D eigenvalue weighted by Crippen LogP contribution is 2.15. The van der Waals surface area contributed by atoms with Gasteiger partial charge in [-0.15, -0.1) is 0 Å². The van der Waals surface area contributed by atoms with Crippen LogP contribution in [0.15, 0.2) is 72.8 Å². The Hall–Kier alpha value is -3.11. The van der Waals surface area contributed by atoms with Gasteiger partial charge in [-0.05, 0) is 66.9 Å². The van der Waals surface area contributed by atoms with Crippen molar-refractivity contribution >= 4 is 29.1 Å². The van der Waals surface area contributed by atoms with E-state index in [2.05, 4.69) is 10.6 Å². The smallest absolute Gasteiger partial charge is 0.255 e. The first-order chi connectivity index (χ1) is 13.5.